The molecular formula is C24H20N4O4S2. The maximum absolute atomic E-state index is 13.2. The van der Waals surface area contributed by atoms with E-state index in [2.05, 4.69) is 10.1 Å². The normalized spacial score (nSPS) is 11.9. The van der Waals surface area contributed by atoms with E-state index in [-0.39, 0.29) is 22.2 Å². The van der Waals surface area contributed by atoms with Crippen molar-refractivity contribution < 1.29 is 12.9 Å². The molecule has 0 spiro atoms. The van der Waals surface area contributed by atoms with Gasteiger partial charge in [-0.15, -0.1) is 0 Å². The molecule has 0 atom stereocenters. The Morgan fingerprint density at radius 2 is 1.71 bits per heavy atom. The largest absolute Gasteiger partial charge is 0.338 e. The summed E-state index contributed by atoms with van der Waals surface area (Å²) in [5.74, 6) is 0.581. The molecule has 2 aromatic heterocycles. The third kappa shape index (κ3) is 4.30. The number of nitrogens with zero attached hydrogens (tertiary/aromatic N) is 4. The van der Waals surface area contributed by atoms with E-state index in [1.54, 1.807) is 10.6 Å². The molecule has 5 rings (SSSR count). The fourth-order valence-corrected chi connectivity index (χ4v) is 5.75. The Morgan fingerprint density at radius 1 is 1.00 bits per heavy atom. The molecule has 0 saturated carbocycles. The summed E-state index contributed by atoms with van der Waals surface area (Å²) in [6.07, 6.45) is 0. The minimum absolute atomic E-state index is 0.0779. The van der Waals surface area contributed by atoms with Crippen LogP contribution >= 0.6 is 11.3 Å². The average molecular weight is 493 g/mol. The van der Waals surface area contributed by atoms with Gasteiger partial charge in [-0.05, 0) is 23.8 Å². The summed E-state index contributed by atoms with van der Waals surface area (Å²) >= 11 is 1.03. The molecule has 5 aromatic rings. The van der Waals surface area contributed by atoms with Gasteiger partial charge in [0, 0.05) is 12.6 Å². The number of hydrogen-bond acceptors (Lipinski definition) is 7. The van der Waals surface area contributed by atoms with E-state index in [1.165, 1.54) is 19.2 Å². The van der Waals surface area contributed by atoms with Crippen LogP contribution in [-0.2, 0) is 23.1 Å². The first-order chi connectivity index (χ1) is 16.4. The SMILES string of the molecule is CN(Cc1nc(-c2ccccc2)no1)S(=O)(=O)c1ccc2c(c1)sc(=O)n2Cc1ccccc1. The van der Waals surface area contributed by atoms with Gasteiger partial charge in [-0.25, -0.2) is 8.42 Å². The summed E-state index contributed by atoms with van der Waals surface area (Å²) < 4.78 is 35.1. The van der Waals surface area contributed by atoms with Gasteiger partial charge in [0.1, 0.15) is 0 Å². The van der Waals surface area contributed by atoms with Gasteiger partial charge in [0.05, 0.1) is 28.2 Å². The smallest absolute Gasteiger partial charge is 0.308 e. The molecule has 0 aliphatic heterocycles. The van der Waals surface area contributed by atoms with Crippen molar-refractivity contribution in [2.75, 3.05) is 7.05 Å². The lowest BCUT2D eigenvalue weighted by Gasteiger charge is -2.15. The van der Waals surface area contributed by atoms with Crippen LogP contribution in [0.3, 0.4) is 0 Å². The van der Waals surface area contributed by atoms with E-state index in [1.807, 2.05) is 60.7 Å². The van der Waals surface area contributed by atoms with Crippen LogP contribution in [0.25, 0.3) is 21.6 Å². The standard InChI is InChI=1S/C24H20N4O4S2/c1-27(16-22-25-23(26-32-22)18-10-6-3-7-11-18)34(30,31)19-12-13-20-21(14-19)33-24(29)28(20)15-17-8-4-2-5-9-17/h2-14H,15-16H2,1H3. The van der Waals surface area contributed by atoms with Gasteiger partial charge in [0.2, 0.25) is 21.7 Å². The minimum atomic E-state index is -3.85. The number of rotatable bonds is 7. The fraction of sp³-hybridized carbons (Fsp3) is 0.125. The van der Waals surface area contributed by atoms with Gasteiger partial charge in [0.15, 0.2) is 0 Å². The Labute approximate surface area is 199 Å². The Kier molecular flexibility index (Phi) is 5.86. The van der Waals surface area contributed by atoms with Gasteiger partial charge in [0.25, 0.3) is 0 Å². The second-order valence-corrected chi connectivity index (χ2v) is 10.7. The zero-order valence-electron chi connectivity index (χ0n) is 18.2. The Bertz CT molecular complexity index is 1610. The molecule has 0 amide bonds. The van der Waals surface area contributed by atoms with Crippen LogP contribution in [0.4, 0.5) is 0 Å². The van der Waals surface area contributed by atoms with Crippen LogP contribution in [0.5, 0.6) is 0 Å². The number of benzene rings is 3. The van der Waals surface area contributed by atoms with Crippen molar-refractivity contribution in [1.29, 1.82) is 0 Å². The van der Waals surface area contributed by atoms with E-state index >= 15 is 0 Å². The van der Waals surface area contributed by atoms with Crippen molar-refractivity contribution in [2.45, 2.75) is 18.0 Å². The van der Waals surface area contributed by atoms with Crippen LogP contribution in [0.15, 0.2) is 93.1 Å². The fourth-order valence-electron chi connectivity index (χ4n) is 3.60. The van der Waals surface area contributed by atoms with E-state index < -0.39 is 10.0 Å². The van der Waals surface area contributed by atoms with E-state index in [9.17, 15) is 13.2 Å². The summed E-state index contributed by atoms with van der Waals surface area (Å²) in [7, 11) is -2.39. The predicted molar refractivity (Wildman–Crippen MR) is 130 cm³/mol. The number of fused-ring (bicyclic) bond motifs is 1. The second-order valence-electron chi connectivity index (χ2n) is 7.71. The quantitative estimate of drug-likeness (QED) is 0.341. The summed E-state index contributed by atoms with van der Waals surface area (Å²) in [5.41, 5.74) is 2.48. The second kappa shape index (κ2) is 8.98. The molecule has 0 saturated heterocycles. The number of sulfonamides is 1. The van der Waals surface area contributed by atoms with Crippen molar-refractivity contribution in [1.82, 2.24) is 19.0 Å². The zero-order chi connectivity index (χ0) is 23.7. The Hall–Kier alpha value is -3.60. The predicted octanol–water partition coefficient (Wildman–Crippen LogP) is 3.98. The highest BCUT2D eigenvalue weighted by atomic mass is 32.2. The lowest BCUT2D eigenvalue weighted by atomic mass is 10.2. The summed E-state index contributed by atoms with van der Waals surface area (Å²) in [6.45, 7) is 0.345. The monoisotopic (exact) mass is 492 g/mol. The highest BCUT2D eigenvalue weighted by Gasteiger charge is 2.24. The maximum Gasteiger partial charge on any atom is 0.308 e. The Balaban J connectivity index is 1.39. The van der Waals surface area contributed by atoms with Crippen molar-refractivity contribution in [3.63, 3.8) is 0 Å². The summed E-state index contributed by atoms with van der Waals surface area (Å²) in [5, 5.41) is 3.94. The highest BCUT2D eigenvalue weighted by Crippen LogP contribution is 2.25. The summed E-state index contributed by atoms with van der Waals surface area (Å²) in [4.78, 5) is 16.9. The van der Waals surface area contributed by atoms with Gasteiger partial charge in [-0.3, -0.25) is 9.36 Å². The van der Waals surface area contributed by atoms with Crippen molar-refractivity contribution >= 4 is 31.6 Å². The van der Waals surface area contributed by atoms with E-state index in [0.29, 0.717) is 22.6 Å². The minimum Gasteiger partial charge on any atom is -0.338 e. The molecule has 2 heterocycles. The van der Waals surface area contributed by atoms with Gasteiger partial charge in [-0.2, -0.15) is 9.29 Å². The van der Waals surface area contributed by atoms with Crippen LogP contribution in [-0.4, -0.2) is 34.5 Å². The molecule has 0 bridgehead atoms. The van der Waals surface area contributed by atoms with Crippen LogP contribution < -0.4 is 4.87 Å². The average Bonchev–Trinajstić information content (AvgIpc) is 3.44. The van der Waals surface area contributed by atoms with Gasteiger partial charge < -0.3 is 4.52 Å². The van der Waals surface area contributed by atoms with Crippen molar-refractivity contribution in [3.05, 3.63) is 100.0 Å². The number of aromatic nitrogens is 3. The van der Waals surface area contributed by atoms with Crippen molar-refractivity contribution in [3.8, 4) is 11.4 Å². The first-order valence-electron chi connectivity index (χ1n) is 10.4. The van der Waals surface area contributed by atoms with E-state index in [4.69, 9.17) is 4.52 Å². The summed E-state index contributed by atoms with van der Waals surface area (Å²) in [6, 6.07) is 23.7. The number of hydrogen-bond donors (Lipinski definition) is 0. The first kappa shape index (κ1) is 22.2. The maximum atomic E-state index is 13.2. The highest BCUT2D eigenvalue weighted by molar-refractivity contribution is 7.89. The molecule has 0 N–H and O–H groups in total. The topological polar surface area (TPSA) is 98.3 Å². The lowest BCUT2D eigenvalue weighted by Crippen LogP contribution is -2.26. The lowest BCUT2D eigenvalue weighted by molar-refractivity contribution is 0.337. The molecule has 0 radical (unpaired) electrons. The molecule has 172 valence electrons. The molecular weight excluding hydrogens is 472 g/mol. The van der Waals surface area contributed by atoms with Gasteiger partial charge >= 0.3 is 4.87 Å². The Morgan fingerprint density at radius 3 is 2.44 bits per heavy atom. The molecule has 0 aliphatic rings. The van der Waals surface area contributed by atoms with E-state index in [0.717, 1.165) is 26.8 Å². The zero-order valence-corrected chi connectivity index (χ0v) is 19.8. The molecule has 3 aromatic carbocycles. The first-order valence-corrected chi connectivity index (χ1v) is 12.7. The molecule has 10 heteroatoms. The molecule has 8 nitrogen and oxygen atoms in total. The van der Waals surface area contributed by atoms with Crippen LogP contribution in [0, 0.1) is 0 Å². The van der Waals surface area contributed by atoms with Crippen molar-refractivity contribution in [2.24, 2.45) is 0 Å². The molecule has 0 fully saturated rings. The van der Waals surface area contributed by atoms with Crippen LogP contribution in [0.2, 0.25) is 0 Å². The van der Waals surface area contributed by atoms with Gasteiger partial charge in [-0.1, -0.05) is 77.2 Å². The molecule has 0 unspecified atom stereocenters. The third-order valence-corrected chi connectivity index (χ3v) is 8.13. The molecule has 0 aliphatic carbocycles. The third-order valence-electron chi connectivity index (χ3n) is 5.39. The van der Waals surface area contributed by atoms with Crippen LogP contribution in [0.1, 0.15) is 11.5 Å². The number of thiazole rings is 1. The molecule has 34 heavy (non-hydrogen) atoms.